The summed E-state index contributed by atoms with van der Waals surface area (Å²) < 4.78 is 7.65. The minimum Gasteiger partial charge on any atom is -0.488 e. The van der Waals surface area contributed by atoms with Gasteiger partial charge in [0, 0.05) is 11.0 Å². The van der Waals surface area contributed by atoms with Gasteiger partial charge in [0.05, 0.1) is 4.47 Å². The molecule has 1 amide bonds. The van der Waals surface area contributed by atoms with E-state index >= 15 is 0 Å². The summed E-state index contributed by atoms with van der Waals surface area (Å²) in [4.78, 5) is 12.4. The number of ether oxygens (including phenoxy) is 1. The van der Waals surface area contributed by atoms with Gasteiger partial charge in [-0.3, -0.25) is 4.79 Å². The summed E-state index contributed by atoms with van der Waals surface area (Å²) in [5, 5.41) is 12.3. The Morgan fingerprint density at radius 1 is 1.00 bits per heavy atom. The zero-order chi connectivity index (χ0) is 22.8. The van der Waals surface area contributed by atoms with E-state index in [2.05, 4.69) is 49.3 Å². The average molecular weight is 554 g/mol. The molecule has 3 rings (SSSR count). The summed E-state index contributed by atoms with van der Waals surface area (Å²) in [5.41, 5.74) is 3.09. The summed E-state index contributed by atoms with van der Waals surface area (Å²) in [6, 6.07) is 25.5. The first-order valence-corrected chi connectivity index (χ1v) is 11.7. The van der Waals surface area contributed by atoms with Gasteiger partial charge < -0.3 is 10.1 Å². The van der Waals surface area contributed by atoms with E-state index < -0.39 is 0 Å². The molecule has 32 heavy (non-hydrogen) atoms. The number of nitrogens with one attached hydrogen (secondary N) is 1. The maximum absolute atomic E-state index is 12.4. The van der Waals surface area contributed by atoms with Crippen LogP contribution in [0.15, 0.2) is 87.3 Å². The highest BCUT2D eigenvalue weighted by Crippen LogP contribution is 2.28. The third-order valence-corrected chi connectivity index (χ3v) is 5.86. The highest BCUT2D eigenvalue weighted by atomic mass is 79.9. The number of nitriles is 1. The van der Waals surface area contributed by atoms with Crippen molar-refractivity contribution in [3.63, 3.8) is 0 Å². The quantitative estimate of drug-likeness (QED) is 0.188. The topological polar surface area (TPSA) is 62.1 Å². The number of rotatable bonds is 9. The van der Waals surface area contributed by atoms with Crippen LogP contribution in [-0.4, -0.2) is 12.5 Å². The van der Waals surface area contributed by atoms with Gasteiger partial charge in [0.25, 0.3) is 5.91 Å². The zero-order valence-corrected chi connectivity index (χ0v) is 20.5. The number of carbonyl (C=O) groups excluding carboxylic acids is 1. The predicted molar refractivity (Wildman–Crippen MR) is 134 cm³/mol. The minimum absolute atomic E-state index is 0.0696. The van der Waals surface area contributed by atoms with Crippen molar-refractivity contribution in [2.24, 2.45) is 0 Å². The van der Waals surface area contributed by atoms with Gasteiger partial charge in [-0.05, 0) is 75.8 Å². The third-order valence-electron chi connectivity index (χ3n) is 4.71. The molecule has 0 radical (unpaired) electrons. The van der Waals surface area contributed by atoms with Gasteiger partial charge in [-0.15, -0.1) is 0 Å². The number of amides is 1. The monoisotopic (exact) mass is 552 g/mol. The molecule has 0 aromatic heterocycles. The number of hydrogen-bond donors (Lipinski definition) is 1. The molecule has 3 aromatic carbocycles. The SMILES string of the molecule is N#C/C(=C/c1ccc(OCc2ccc(Br)cc2)c(Br)c1)C(=O)NCCCc1ccccc1. The zero-order valence-electron chi connectivity index (χ0n) is 17.4. The smallest absolute Gasteiger partial charge is 0.261 e. The van der Waals surface area contributed by atoms with Crippen LogP contribution in [0.4, 0.5) is 0 Å². The first-order chi connectivity index (χ1) is 15.5. The van der Waals surface area contributed by atoms with Crippen LogP contribution < -0.4 is 10.1 Å². The molecule has 0 aliphatic rings. The Hall–Kier alpha value is -2.88. The molecule has 0 aliphatic carbocycles. The van der Waals surface area contributed by atoms with E-state index in [0.29, 0.717) is 18.9 Å². The second-order valence-corrected chi connectivity index (χ2v) is 8.89. The summed E-state index contributed by atoms with van der Waals surface area (Å²) in [6.45, 7) is 0.954. The summed E-state index contributed by atoms with van der Waals surface area (Å²) in [5.74, 6) is 0.321. The molecule has 0 saturated carbocycles. The van der Waals surface area contributed by atoms with Crippen molar-refractivity contribution < 1.29 is 9.53 Å². The predicted octanol–water partition coefficient (Wildman–Crippen LogP) is 6.45. The minimum atomic E-state index is -0.368. The van der Waals surface area contributed by atoms with Crippen LogP contribution in [0.5, 0.6) is 5.75 Å². The van der Waals surface area contributed by atoms with Crippen LogP contribution in [-0.2, 0) is 17.8 Å². The molecular formula is C26H22Br2N2O2. The highest BCUT2D eigenvalue weighted by molar-refractivity contribution is 9.10. The number of hydrogen-bond acceptors (Lipinski definition) is 3. The fraction of sp³-hybridized carbons (Fsp3) is 0.154. The van der Waals surface area contributed by atoms with E-state index in [0.717, 1.165) is 32.9 Å². The van der Waals surface area contributed by atoms with Crippen molar-refractivity contribution in [2.45, 2.75) is 19.4 Å². The Labute approximate surface area is 205 Å². The average Bonchev–Trinajstić information content (AvgIpc) is 2.81. The Kier molecular flexibility index (Phi) is 9.09. The normalized spacial score (nSPS) is 11.0. The van der Waals surface area contributed by atoms with Crippen LogP contribution in [0.2, 0.25) is 0 Å². The molecule has 0 bridgehead atoms. The highest BCUT2D eigenvalue weighted by Gasteiger charge is 2.10. The fourth-order valence-electron chi connectivity index (χ4n) is 3.02. The molecule has 0 spiro atoms. The van der Waals surface area contributed by atoms with Gasteiger partial charge in [-0.1, -0.05) is 64.5 Å². The molecule has 1 N–H and O–H groups in total. The Morgan fingerprint density at radius 2 is 1.75 bits per heavy atom. The van der Waals surface area contributed by atoms with Gasteiger partial charge in [0.2, 0.25) is 0 Å². The van der Waals surface area contributed by atoms with Crippen LogP contribution in [0.1, 0.15) is 23.1 Å². The maximum Gasteiger partial charge on any atom is 0.261 e. The Bertz CT molecular complexity index is 1120. The molecular weight excluding hydrogens is 532 g/mol. The largest absolute Gasteiger partial charge is 0.488 e. The molecule has 162 valence electrons. The van der Waals surface area contributed by atoms with Crippen molar-refractivity contribution in [3.05, 3.63) is 104 Å². The number of nitrogens with zero attached hydrogens (tertiary/aromatic N) is 1. The van der Waals surface area contributed by atoms with Gasteiger partial charge in [0.15, 0.2) is 0 Å². The van der Waals surface area contributed by atoms with E-state index in [9.17, 15) is 10.1 Å². The van der Waals surface area contributed by atoms with E-state index in [1.165, 1.54) is 5.56 Å². The summed E-state index contributed by atoms with van der Waals surface area (Å²) in [7, 11) is 0. The first kappa shape index (κ1) is 23.8. The molecule has 6 heteroatoms. The van der Waals surface area contributed by atoms with Gasteiger partial charge >= 0.3 is 0 Å². The molecule has 0 fully saturated rings. The van der Waals surface area contributed by atoms with E-state index in [-0.39, 0.29) is 11.5 Å². The number of carbonyl (C=O) groups is 1. The first-order valence-electron chi connectivity index (χ1n) is 10.2. The number of halogens is 2. The molecule has 0 atom stereocenters. The number of benzene rings is 3. The lowest BCUT2D eigenvalue weighted by molar-refractivity contribution is -0.117. The van der Waals surface area contributed by atoms with Crippen molar-refractivity contribution in [1.82, 2.24) is 5.32 Å². The maximum atomic E-state index is 12.4. The van der Waals surface area contributed by atoms with Crippen LogP contribution >= 0.6 is 31.9 Å². The molecule has 0 heterocycles. The van der Waals surface area contributed by atoms with Crippen molar-refractivity contribution >= 4 is 43.8 Å². The summed E-state index contributed by atoms with van der Waals surface area (Å²) in [6.07, 6.45) is 3.27. The van der Waals surface area contributed by atoms with Gasteiger partial charge in [-0.2, -0.15) is 5.26 Å². The van der Waals surface area contributed by atoms with Crippen LogP contribution in [0, 0.1) is 11.3 Å². The fourth-order valence-corrected chi connectivity index (χ4v) is 3.79. The van der Waals surface area contributed by atoms with Gasteiger partial charge in [-0.25, -0.2) is 0 Å². The Balaban J connectivity index is 1.55. The van der Waals surface area contributed by atoms with E-state index in [4.69, 9.17) is 4.74 Å². The van der Waals surface area contributed by atoms with Crippen molar-refractivity contribution in [2.75, 3.05) is 6.54 Å². The van der Waals surface area contributed by atoms with Crippen LogP contribution in [0.3, 0.4) is 0 Å². The summed E-state index contributed by atoms with van der Waals surface area (Å²) >= 11 is 6.93. The van der Waals surface area contributed by atoms with Crippen molar-refractivity contribution in [3.8, 4) is 11.8 Å². The van der Waals surface area contributed by atoms with Crippen LogP contribution in [0.25, 0.3) is 6.08 Å². The molecule has 4 nitrogen and oxygen atoms in total. The van der Waals surface area contributed by atoms with Crippen molar-refractivity contribution in [1.29, 1.82) is 5.26 Å². The lowest BCUT2D eigenvalue weighted by Crippen LogP contribution is -2.25. The lowest BCUT2D eigenvalue weighted by Gasteiger charge is -2.09. The van der Waals surface area contributed by atoms with E-state index in [1.807, 2.05) is 66.7 Å². The molecule has 0 aliphatic heterocycles. The Morgan fingerprint density at radius 3 is 2.44 bits per heavy atom. The second kappa shape index (κ2) is 12.2. The van der Waals surface area contributed by atoms with E-state index in [1.54, 1.807) is 6.08 Å². The molecule has 0 unspecified atom stereocenters. The number of aryl methyl sites for hydroxylation is 1. The lowest BCUT2D eigenvalue weighted by atomic mass is 10.1. The third kappa shape index (κ3) is 7.37. The standard InChI is InChI=1S/C26H22Br2N2O2/c27-23-11-8-20(9-12-23)18-32-25-13-10-21(16-24(25)28)15-22(17-29)26(31)30-14-4-7-19-5-2-1-3-6-19/h1-3,5-6,8-13,15-16H,4,7,14,18H2,(H,30,31)/b22-15-. The van der Waals surface area contributed by atoms with Gasteiger partial charge in [0.1, 0.15) is 24.0 Å². The second-order valence-electron chi connectivity index (χ2n) is 7.12. The molecule has 0 saturated heterocycles. The molecule has 3 aromatic rings.